The highest BCUT2D eigenvalue weighted by Crippen LogP contribution is 2.27. The second-order valence-corrected chi connectivity index (χ2v) is 7.25. The number of piperidine rings is 1. The van der Waals surface area contributed by atoms with E-state index >= 15 is 0 Å². The van der Waals surface area contributed by atoms with E-state index in [2.05, 4.69) is 32.7 Å². The Morgan fingerprint density at radius 3 is 2.74 bits per heavy atom. The molecular weight excluding hydrogens is 364 g/mol. The normalized spacial score (nSPS) is 19.9. The number of nitrogens with one attached hydrogen (secondary N) is 2. The SMILES string of the molecule is O=C(O)/C=C/c1cnc(N[C@]2(CCc3ccc(Cl)cc3)CCCNC2)cn1. The number of hydrogen-bond acceptors (Lipinski definition) is 5. The molecular formula is C20H23ClN4O2. The van der Waals surface area contributed by atoms with Crippen LogP contribution in [0.5, 0.6) is 0 Å². The Bertz CT molecular complexity index is 785. The van der Waals surface area contributed by atoms with Crippen molar-refractivity contribution in [3.05, 3.63) is 59.0 Å². The van der Waals surface area contributed by atoms with Crippen molar-refractivity contribution in [3.8, 4) is 0 Å². The Labute approximate surface area is 163 Å². The molecule has 0 unspecified atom stereocenters. The number of aromatic nitrogens is 2. The lowest BCUT2D eigenvalue weighted by atomic mass is 9.84. The minimum Gasteiger partial charge on any atom is -0.478 e. The standard InChI is InChI=1S/C20H23ClN4O2/c21-16-4-2-15(3-5-16)8-10-20(9-1-11-22-14-20)25-18-13-23-17(12-24-18)6-7-19(26)27/h2-7,12-13,22H,1,8-11,14H2,(H,24,25)(H,26,27)/b7-6+/t20-/m0/s1. The van der Waals surface area contributed by atoms with Crippen LogP contribution in [-0.2, 0) is 11.2 Å². The van der Waals surface area contributed by atoms with Gasteiger partial charge in [0.05, 0.1) is 23.6 Å². The van der Waals surface area contributed by atoms with E-state index in [9.17, 15) is 4.79 Å². The molecule has 1 aliphatic rings. The predicted molar refractivity (Wildman–Crippen MR) is 107 cm³/mol. The second-order valence-electron chi connectivity index (χ2n) is 6.81. The summed E-state index contributed by atoms with van der Waals surface area (Å²) in [5.74, 6) is -0.310. The molecule has 1 fully saturated rings. The van der Waals surface area contributed by atoms with Gasteiger partial charge < -0.3 is 15.7 Å². The van der Waals surface area contributed by atoms with Gasteiger partial charge in [-0.05, 0) is 56.0 Å². The number of carbonyl (C=O) groups is 1. The number of carboxylic acids is 1. The highest BCUT2D eigenvalue weighted by molar-refractivity contribution is 6.30. The van der Waals surface area contributed by atoms with Crippen LogP contribution in [0.2, 0.25) is 5.02 Å². The van der Waals surface area contributed by atoms with Crippen LogP contribution in [0.25, 0.3) is 6.08 Å². The van der Waals surface area contributed by atoms with Gasteiger partial charge in [0.15, 0.2) is 0 Å². The topological polar surface area (TPSA) is 87.1 Å². The van der Waals surface area contributed by atoms with Crippen LogP contribution in [0.15, 0.2) is 42.7 Å². The molecule has 142 valence electrons. The first-order chi connectivity index (χ1) is 13.0. The number of anilines is 1. The van der Waals surface area contributed by atoms with Crippen molar-refractivity contribution in [2.24, 2.45) is 0 Å². The van der Waals surface area contributed by atoms with Crippen molar-refractivity contribution >= 4 is 29.5 Å². The van der Waals surface area contributed by atoms with Crippen LogP contribution in [-0.4, -0.2) is 39.7 Å². The summed E-state index contributed by atoms with van der Waals surface area (Å²) < 4.78 is 0. The van der Waals surface area contributed by atoms with Gasteiger partial charge in [0.1, 0.15) is 5.82 Å². The van der Waals surface area contributed by atoms with Gasteiger partial charge in [-0.25, -0.2) is 9.78 Å². The minimum absolute atomic E-state index is 0.0923. The number of nitrogens with zero attached hydrogens (tertiary/aromatic N) is 2. The zero-order valence-corrected chi connectivity index (χ0v) is 15.7. The number of aryl methyl sites for hydroxylation is 1. The summed E-state index contributed by atoms with van der Waals surface area (Å²) in [7, 11) is 0. The molecule has 3 rings (SSSR count). The Morgan fingerprint density at radius 1 is 1.30 bits per heavy atom. The Hall–Kier alpha value is -2.44. The fourth-order valence-electron chi connectivity index (χ4n) is 3.30. The summed E-state index contributed by atoms with van der Waals surface area (Å²) in [6, 6.07) is 7.97. The van der Waals surface area contributed by atoms with Crippen LogP contribution in [0.1, 0.15) is 30.5 Å². The van der Waals surface area contributed by atoms with Crippen molar-refractivity contribution < 1.29 is 9.90 Å². The maximum absolute atomic E-state index is 10.6. The minimum atomic E-state index is -1.01. The van der Waals surface area contributed by atoms with Gasteiger partial charge in [0.2, 0.25) is 0 Å². The molecule has 0 bridgehead atoms. The molecule has 2 heterocycles. The highest BCUT2D eigenvalue weighted by Gasteiger charge is 2.32. The van der Waals surface area contributed by atoms with Gasteiger partial charge in [-0.3, -0.25) is 4.98 Å². The summed E-state index contributed by atoms with van der Waals surface area (Å²) in [5.41, 5.74) is 1.68. The lowest BCUT2D eigenvalue weighted by Crippen LogP contribution is -2.51. The molecule has 1 aromatic heterocycles. The number of hydrogen-bond donors (Lipinski definition) is 3. The van der Waals surface area contributed by atoms with Crippen molar-refractivity contribution in [1.82, 2.24) is 15.3 Å². The number of halogens is 1. The van der Waals surface area contributed by atoms with Crippen LogP contribution >= 0.6 is 11.6 Å². The largest absolute Gasteiger partial charge is 0.478 e. The van der Waals surface area contributed by atoms with E-state index in [-0.39, 0.29) is 5.54 Å². The molecule has 1 saturated heterocycles. The van der Waals surface area contributed by atoms with Gasteiger partial charge >= 0.3 is 5.97 Å². The van der Waals surface area contributed by atoms with E-state index < -0.39 is 5.97 Å². The fourth-order valence-corrected chi connectivity index (χ4v) is 3.43. The first kappa shape index (κ1) is 19.3. The van der Waals surface area contributed by atoms with Gasteiger partial charge in [-0.1, -0.05) is 23.7 Å². The molecule has 1 atom stereocenters. The molecule has 0 aliphatic carbocycles. The molecule has 27 heavy (non-hydrogen) atoms. The lowest BCUT2D eigenvalue weighted by Gasteiger charge is -2.39. The van der Waals surface area contributed by atoms with Gasteiger partial charge in [-0.15, -0.1) is 0 Å². The van der Waals surface area contributed by atoms with Crippen LogP contribution in [0.4, 0.5) is 5.82 Å². The predicted octanol–water partition coefficient (Wildman–Crippen LogP) is 3.39. The first-order valence-electron chi connectivity index (χ1n) is 9.01. The maximum atomic E-state index is 10.6. The second kappa shape index (κ2) is 8.97. The van der Waals surface area contributed by atoms with Crippen molar-refractivity contribution in [1.29, 1.82) is 0 Å². The third-order valence-electron chi connectivity index (χ3n) is 4.74. The molecule has 3 N–H and O–H groups in total. The Kier molecular flexibility index (Phi) is 6.42. The molecule has 1 aromatic carbocycles. The van der Waals surface area contributed by atoms with Gasteiger partial charge in [0.25, 0.3) is 0 Å². The zero-order chi connectivity index (χ0) is 19.1. The Morgan fingerprint density at radius 2 is 2.11 bits per heavy atom. The van der Waals surface area contributed by atoms with Crippen molar-refractivity contribution in [2.45, 2.75) is 31.2 Å². The van der Waals surface area contributed by atoms with E-state index in [0.29, 0.717) is 11.5 Å². The van der Waals surface area contributed by atoms with Crippen LogP contribution in [0.3, 0.4) is 0 Å². The smallest absolute Gasteiger partial charge is 0.328 e. The number of carboxylic acid groups (broad SMARTS) is 1. The first-order valence-corrected chi connectivity index (χ1v) is 9.39. The molecule has 0 amide bonds. The van der Waals surface area contributed by atoms with Crippen molar-refractivity contribution in [3.63, 3.8) is 0 Å². The summed E-state index contributed by atoms with van der Waals surface area (Å²) in [4.78, 5) is 19.3. The lowest BCUT2D eigenvalue weighted by molar-refractivity contribution is -0.131. The van der Waals surface area contributed by atoms with Crippen molar-refractivity contribution in [2.75, 3.05) is 18.4 Å². The molecule has 0 radical (unpaired) electrons. The average molecular weight is 387 g/mol. The van der Waals surface area contributed by atoms with E-state index in [4.69, 9.17) is 16.7 Å². The van der Waals surface area contributed by atoms with Crippen LogP contribution in [0, 0.1) is 0 Å². The zero-order valence-electron chi connectivity index (χ0n) is 15.0. The number of benzene rings is 1. The monoisotopic (exact) mass is 386 g/mol. The molecule has 0 spiro atoms. The quantitative estimate of drug-likeness (QED) is 0.632. The van der Waals surface area contributed by atoms with Gasteiger partial charge in [-0.2, -0.15) is 0 Å². The summed E-state index contributed by atoms with van der Waals surface area (Å²) in [6.07, 6.45) is 9.76. The molecule has 7 heteroatoms. The van der Waals surface area contributed by atoms with E-state index in [1.807, 2.05) is 12.1 Å². The molecule has 6 nitrogen and oxygen atoms in total. The third-order valence-corrected chi connectivity index (χ3v) is 4.99. The van der Waals surface area contributed by atoms with E-state index in [1.165, 1.54) is 11.6 Å². The van der Waals surface area contributed by atoms with Crippen LogP contribution < -0.4 is 10.6 Å². The van der Waals surface area contributed by atoms with E-state index in [1.54, 1.807) is 12.4 Å². The summed E-state index contributed by atoms with van der Waals surface area (Å²) in [6.45, 7) is 1.89. The number of rotatable bonds is 7. The molecule has 0 saturated carbocycles. The molecule has 1 aliphatic heterocycles. The fraction of sp³-hybridized carbons (Fsp3) is 0.350. The van der Waals surface area contributed by atoms with Gasteiger partial charge in [0, 0.05) is 17.6 Å². The average Bonchev–Trinajstić information content (AvgIpc) is 2.68. The molecule has 2 aromatic rings. The van der Waals surface area contributed by atoms with E-state index in [0.717, 1.165) is 49.9 Å². The maximum Gasteiger partial charge on any atom is 0.328 e. The highest BCUT2D eigenvalue weighted by atomic mass is 35.5. The number of aliphatic carboxylic acids is 1. The summed E-state index contributed by atoms with van der Waals surface area (Å²) in [5, 5.41) is 16.5. The third kappa shape index (κ3) is 5.77. The summed E-state index contributed by atoms with van der Waals surface area (Å²) >= 11 is 5.97. The Balaban J connectivity index is 1.68.